The Kier molecular flexibility index (Phi) is 3.09. The molecule has 0 heterocycles. The molecule has 1 aromatic carbocycles. The fraction of sp³-hybridized carbons (Fsp3) is 0.222. The van der Waals surface area contributed by atoms with E-state index < -0.39 is 0 Å². The Labute approximate surface area is 78.7 Å². The normalized spacial score (nSPS) is 9.69. The summed E-state index contributed by atoms with van der Waals surface area (Å²) < 4.78 is 0. The van der Waals surface area contributed by atoms with E-state index in [1.165, 1.54) is 7.11 Å². The fourth-order valence-corrected chi connectivity index (χ4v) is 0.936. The van der Waals surface area contributed by atoms with Crippen LogP contribution in [0.1, 0.15) is 10.4 Å². The Morgan fingerprint density at radius 3 is 2.77 bits per heavy atom. The molecule has 13 heavy (non-hydrogen) atoms. The molecule has 66 valence electrons. The molecule has 1 rings (SSSR count). The minimum Gasteiger partial charge on any atom is -0.274 e. The molecule has 0 saturated carbocycles. The van der Waals surface area contributed by atoms with Crippen molar-refractivity contribution in [1.29, 1.82) is 0 Å². The molecule has 0 aliphatic carbocycles. The standard InChI is InChI=1S/C9H10BNO2/c1-11(13-2)9(12)7-4-3-5-8(10)6-7/h3-6H,1-2H3. The SMILES string of the molecule is [B]c1cccc(C(=O)N(C)OC)c1. The Hall–Kier alpha value is -1.29. The zero-order valence-electron chi connectivity index (χ0n) is 7.65. The number of rotatable bonds is 2. The molecule has 0 saturated heterocycles. The molecule has 0 unspecified atom stereocenters. The summed E-state index contributed by atoms with van der Waals surface area (Å²) >= 11 is 0. The largest absolute Gasteiger partial charge is 0.277 e. The zero-order chi connectivity index (χ0) is 9.84. The number of benzene rings is 1. The van der Waals surface area contributed by atoms with Gasteiger partial charge in [-0.25, -0.2) is 5.06 Å². The first-order valence-corrected chi connectivity index (χ1v) is 3.83. The van der Waals surface area contributed by atoms with Crippen molar-refractivity contribution >= 4 is 19.2 Å². The van der Waals surface area contributed by atoms with Crippen LogP contribution < -0.4 is 5.46 Å². The van der Waals surface area contributed by atoms with E-state index in [1.807, 2.05) is 0 Å². The van der Waals surface area contributed by atoms with Gasteiger partial charge in [-0.05, 0) is 6.07 Å². The first-order chi connectivity index (χ1) is 6.15. The third-order valence-electron chi connectivity index (χ3n) is 1.69. The Bertz CT molecular complexity index is 314. The third-order valence-corrected chi connectivity index (χ3v) is 1.69. The van der Waals surface area contributed by atoms with Gasteiger partial charge in [-0.3, -0.25) is 9.63 Å². The summed E-state index contributed by atoms with van der Waals surface area (Å²) in [5.74, 6) is -0.213. The van der Waals surface area contributed by atoms with Gasteiger partial charge in [0.15, 0.2) is 0 Å². The number of hydrogen-bond donors (Lipinski definition) is 0. The summed E-state index contributed by atoms with van der Waals surface area (Å²) in [4.78, 5) is 16.2. The summed E-state index contributed by atoms with van der Waals surface area (Å²) in [5, 5.41) is 1.15. The van der Waals surface area contributed by atoms with Crippen molar-refractivity contribution in [1.82, 2.24) is 5.06 Å². The summed E-state index contributed by atoms with van der Waals surface area (Å²) in [7, 11) is 8.51. The second-order valence-electron chi connectivity index (χ2n) is 2.61. The molecule has 1 aromatic rings. The maximum Gasteiger partial charge on any atom is 0.277 e. The van der Waals surface area contributed by atoms with Crippen molar-refractivity contribution in [2.75, 3.05) is 14.2 Å². The minimum atomic E-state index is -0.213. The highest BCUT2D eigenvalue weighted by atomic mass is 16.7. The smallest absolute Gasteiger partial charge is 0.274 e. The number of carbonyl (C=O) groups is 1. The van der Waals surface area contributed by atoms with Crippen LogP contribution in [0.2, 0.25) is 0 Å². The van der Waals surface area contributed by atoms with Crippen LogP contribution in [0.5, 0.6) is 0 Å². The Balaban J connectivity index is 2.89. The highest BCUT2D eigenvalue weighted by Gasteiger charge is 2.09. The second kappa shape index (κ2) is 4.09. The average molecular weight is 175 g/mol. The van der Waals surface area contributed by atoms with Crippen molar-refractivity contribution < 1.29 is 9.63 Å². The highest BCUT2D eigenvalue weighted by Crippen LogP contribution is 2.00. The number of carbonyl (C=O) groups excluding carboxylic acids is 1. The first-order valence-electron chi connectivity index (χ1n) is 3.83. The molecule has 0 spiro atoms. The van der Waals surface area contributed by atoms with Crippen LogP contribution in [0.4, 0.5) is 0 Å². The lowest BCUT2D eigenvalue weighted by molar-refractivity contribution is -0.0756. The van der Waals surface area contributed by atoms with Crippen LogP contribution in [0.25, 0.3) is 0 Å². The van der Waals surface area contributed by atoms with Crippen LogP contribution in [-0.2, 0) is 4.84 Å². The maximum absolute atomic E-state index is 11.5. The maximum atomic E-state index is 11.5. The Morgan fingerprint density at radius 2 is 2.23 bits per heavy atom. The fourth-order valence-electron chi connectivity index (χ4n) is 0.936. The van der Waals surface area contributed by atoms with Crippen LogP contribution >= 0.6 is 0 Å². The average Bonchev–Trinajstić information content (AvgIpc) is 2.15. The van der Waals surface area contributed by atoms with Gasteiger partial charge in [0, 0.05) is 12.6 Å². The van der Waals surface area contributed by atoms with Gasteiger partial charge in [-0.1, -0.05) is 23.7 Å². The van der Waals surface area contributed by atoms with Gasteiger partial charge in [0.05, 0.1) is 7.11 Å². The third kappa shape index (κ3) is 2.32. The van der Waals surface area contributed by atoms with Crippen molar-refractivity contribution in [2.45, 2.75) is 0 Å². The number of hydroxylamine groups is 2. The topological polar surface area (TPSA) is 29.5 Å². The van der Waals surface area contributed by atoms with Gasteiger partial charge >= 0.3 is 0 Å². The van der Waals surface area contributed by atoms with Gasteiger partial charge < -0.3 is 0 Å². The van der Waals surface area contributed by atoms with E-state index in [-0.39, 0.29) is 5.91 Å². The molecule has 0 aliphatic heterocycles. The molecule has 0 aromatic heterocycles. The van der Waals surface area contributed by atoms with Crippen LogP contribution in [0.3, 0.4) is 0 Å². The monoisotopic (exact) mass is 175 g/mol. The van der Waals surface area contributed by atoms with Gasteiger partial charge in [0.2, 0.25) is 0 Å². The second-order valence-corrected chi connectivity index (χ2v) is 2.61. The van der Waals surface area contributed by atoms with Crippen molar-refractivity contribution in [3.63, 3.8) is 0 Å². The summed E-state index contributed by atoms with van der Waals surface area (Å²) in [6, 6.07) is 6.75. The molecule has 0 bridgehead atoms. The lowest BCUT2D eigenvalue weighted by atomic mass is 9.94. The van der Waals surface area contributed by atoms with E-state index >= 15 is 0 Å². The van der Waals surface area contributed by atoms with E-state index in [2.05, 4.69) is 0 Å². The van der Waals surface area contributed by atoms with Crippen LogP contribution in [0, 0.1) is 0 Å². The van der Waals surface area contributed by atoms with Crippen LogP contribution in [0.15, 0.2) is 24.3 Å². The van der Waals surface area contributed by atoms with E-state index in [4.69, 9.17) is 12.7 Å². The van der Waals surface area contributed by atoms with E-state index in [0.29, 0.717) is 11.0 Å². The zero-order valence-corrected chi connectivity index (χ0v) is 7.65. The number of hydrogen-bond acceptors (Lipinski definition) is 2. The predicted octanol–water partition coefficient (Wildman–Crippen LogP) is 0.114. The van der Waals surface area contributed by atoms with E-state index in [0.717, 1.165) is 5.06 Å². The molecule has 0 N–H and O–H groups in total. The van der Waals surface area contributed by atoms with E-state index in [9.17, 15) is 4.79 Å². The molecule has 0 fully saturated rings. The van der Waals surface area contributed by atoms with Gasteiger partial charge in [0.25, 0.3) is 5.91 Å². The molecule has 3 nitrogen and oxygen atoms in total. The summed E-state index contributed by atoms with van der Waals surface area (Å²) in [5.41, 5.74) is 1.08. The number of amides is 1. The highest BCUT2D eigenvalue weighted by molar-refractivity contribution is 6.32. The minimum absolute atomic E-state index is 0.213. The molecule has 4 heteroatoms. The van der Waals surface area contributed by atoms with Crippen molar-refractivity contribution in [2.24, 2.45) is 0 Å². The molecular weight excluding hydrogens is 165 g/mol. The van der Waals surface area contributed by atoms with Crippen molar-refractivity contribution in [3.05, 3.63) is 29.8 Å². The lowest BCUT2D eigenvalue weighted by Crippen LogP contribution is -2.26. The summed E-state index contributed by atoms with van der Waals surface area (Å²) in [6.07, 6.45) is 0. The van der Waals surface area contributed by atoms with E-state index in [1.54, 1.807) is 31.3 Å². The molecule has 0 aliphatic rings. The molecule has 2 radical (unpaired) electrons. The van der Waals surface area contributed by atoms with Crippen LogP contribution in [-0.4, -0.2) is 33.0 Å². The van der Waals surface area contributed by atoms with Crippen molar-refractivity contribution in [3.8, 4) is 0 Å². The molecule has 1 amide bonds. The molecular formula is C9H10BNO2. The van der Waals surface area contributed by atoms with Gasteiger partial charge in [-0.2, -0.15) is 0 Å². The first kappa shape index (κ1) is 9.80. The van der Waals surface area contributed by atoms with Gasteiger partial charge in [-0.15, -0.1) is 0 Å². The predicted molar refractivity (Wildman–Crippen MR) is 50.9 cm³/mol. The number of nitrogens with zero attached hydrogens (tertiary/aromatic N) is 1. The quantitative estimate of drug-likeness (QED) is 0.471. The van der Waals surface area contributed by atoms with Gasteiger partial charge in [0.1, 0.15) is 7.85 Å². The summed E-state index contributed by atoms with van der Waals surface area (Å²) in [6.45, 7) is 0. The molecule has 0 atom stereocenters. The lowest BCUT2D eigenvalue weighted by Gasteiger charge is -2.13. The Morgan fingerprint density at radius 1 is 1.54 bits per heavy atom.